The van der Waals surface area contributed by atoms with Gasteiger partial charge in [0.05, 0.1) is 0 Å². The summed E-state index contributed by atoms with van der Waals surface area (Å²) in [6, 6.07) is 0. The van der Waals surface area contributed by atoms with Crippen LogP contribution in [0.5, 0.6) is 0 Å². The topological polar surface area (TPSA) is 57.5 Å². The van der Waals surface area contributed by atoms with E-state index in [2.05, 4.69) is 0 Å². The molecule has 0 rings (SSSR count). The minimum absolute atomic E-state index is 0. The summed E-state index contributed by atoms with van der Waals surface area (Å²) in [4.78, 5) is 8.56. The van der Waals surface area contributed by atoms with Gasteiger partial charge in [-0.25, -0.2) is 4.79 Å². The molecule has 0 saturated carbocycles. The van der Waals surface area contributed by atoms with Crippen molar-refractivity contribution in [2.75, 3.05) is 0 Å². The molecule has 0 aliphatic heterocycles. The summed E-state index contributed by atoms with van der Waals surface area (Å²) >= 11 is 0. The van der Waals surface area contributed by atoms with Gasteiger partial charge in [0.15, 0.2) is 0 Å². The Hall–Kier alpha value is 2.14. The second-order valence-electron chi connectivity index (χ2n) is 0.283. The monoisotopic (exact) mass is 278 g/mol. The molecule has 2 N–H and O–H groups in total. The van der Waals surface area contributed by atoms with E-state index in [-0.39, 0.29) is 102 Å². The average molecular weight is 280 g/mol. The van der Waals surface area contributed by atoms with Crippen LogP contribution in [0.2, 0.25) is 0 Å². The smallest absolute Gasteiger partial charge is 1.00 e. The molecule has 0 aromatic rings. The Morgan fingerprint density at radius 1 is 1.00 bits per heavy atom. The Morgan fingerprint density at radius 3 is 1.00 bits per heavy atom. The van der Waals surface area contributed by atoms with E-state index in [0.717, 1.165) is 0 Å². The van der Waals surface area contributed by atoms with Gasteiger partial charge in [-0.3, -0.25) is 0 Å². The van der Waals surface area contributed by atoms with Crippen molar-refractivity contribution in [3.63, 3.8) is 0 Å². The SMILES string of the molecule is Cl.Cl.Cl.Cl.O=C(O)O.[H-].[Na+].[Ti]. The van der Waals surface area contributed by atoms with Gasteiger partial charge in [-0.2, -0.15) is 0 Å². The molecular weight excluding hydrogens is 273 g/mol. The van der Waals surface area contributed by atoms with Gasteiger partial charge in [0.1, 0.15) is 0 Å². The van der Waals surface area contributed by atoms with Crippen molar-refractivity contribution in [3.8, 4) is 0 Å². The number of hydrogen-bond acceptors (Lipinski definition) is 1. The fraction of sp³-hybridized carbons (Fsp3) is 0. The number of carboxylic acid groups (broad SMARTS) is 2. The number of halogens is 4. The van der Waals surface area contributed by atoms with Crippen molar-refractivity contribution in [1.82, 2.24) is 0 Å². The molecule has 0 radical (unpaired) electrons. The van der Waals surface area contributed by atoms with Crippen LogP contribution in [0.15, 0.2) is 0 Å². The van der Waals surface area contributed by atoms with Gasteiger partial charge in [-0.05, 0) is 0 Å². The maximum atomic E-state index is 8.56. The van der Waals surface area contributed by atoms with E-state index in [9.17, 15) is 0 Å². The molecule has 62 valence electrons. The van der Waals surface area contributed by atoms with Crippen molar-refractivity contribution in [2.45, 2.75) is 0 Å². The molecule has 0 aliphatic carbocycles. The number of rotatable bonds is 0. The van der Waals surface area contributed by atoms with E-state index in [1.807, 2.05) is 0 Å². The van der Waals surface area contributed by atoms with Crippen LogP contribution in [0, 0.1) is 0 Å². The summed E-state index contributed by atoms with van der Waals surface area (Å²) in [6.07, 6.45) is -1.83. The second kappa shape index (κ2) is 43.3. The molecule has 0 aromatic heterocycles. The summed E-state index contributed by atoms with van der Waals surface area (Å²) in [6.45, 7) is 0. The van der Waals surface area contributed by atoms with Crippen LogP contribution >= 0.6 is 49.6 Å². The first kappa shape index (κ1) is 57.0. The first-order valence-corrected chi connectivity index (χ1v) is 0.651. The van der Waals surface area contributed by atoms with Crippen molar-refractivity contribution >= 4 is 55.8 Å². The van der Waals surface area contributed by atoms with Crippen molar-refractivity contribution in [2.24, 2.45) is 0 Å². The molecule has 0 heterocycles. The summed E-state index contributed by atoms with van der Waals surface area (Å²) in [7, 11) is 0. The van der Waals surface area contributed by atoms with Gasteiger partial charge in [-0.1, -0.05) is 0 Å². The molecule has 3 nitrogen and oxygen atoms in total. The molecule has 0 atom stereocenters. The number of carbonyl (C=O) groups is 1. The minimum atomic E-state index is -1.83. The van der Waals surface area contributed by atoms with Crippen LogP contribution < -0.4 is 29.6 Å². The fourth-order valence-electron chi connectivity index (χ4n) is 0. The van der Waals surface area contributed by atoms with E-state index in [1.54, 1.807) is 0 Å². The van der Waals surface area contributed by atoms with Gasteiger partial charge < -0.3 is 11.6 Å². The van der Waals surface area contributed by atoms with Crippen LogP contribution in [0.25, 0.3) is 0 Å². The van der Waals surface area contributed by atoms with Gasteiger partial charge in [0, 0.05) is 21.7 Å². The van der Waals surface area contributed by atoms with E-state index in [0.29, 0.717) is 0 Å². The van der Waals surface area contributed by atoms with Gasteiger partial charge in [-0.15, -0.1) is 49.6 Å². The quantitative estimate of drug-likeness (QED) is 0.561. The largest absolute Gasteiger partial charge is 1.00 e. The van der Waals surface area contributed by atoms with Gasteiger partial charge >= 0.3 is 35.7 Å². The molecule has 0 unspecified atom stereocenters. The first-order valence-electron chi connectivity index (χ1n) is 0.651. The van der Waals surface area contributed by atoms with E-state index in [4.69, 9.17) is 15.0 Å². The molecule has 0 aliphatic rings. The van der Waals surface area contributed by atoms with Crippen LogP contribution in [0.3, 0.4) is 0 Å². The Morgan fingerprint density at radius 2 is 1.00 bits per heavy atom. The van der Waals surface area contributed by atoms with Crippen molar-refractivity contribution in [1.29, 1.82) is 0 Å². The third-order valence-electron chi connectivity index (χ3n) is 0. The van der Waals surface area contributed by atoms with Crippen molar-refractivity contribution < 1.29 is 67.7 Å². The predicted octanol–water partition coefficient (Wildman–Crippen LogP) is -0.976. The normalized spacial score (nSPS) is 2.40. The summed E-state index contributed by atoms with van der Waals surface area (Å²) in [5.74, 6) is 0. The Labute approximate surface area is 122 Å². The molecular formula is CH7Cl4NaO3Ti. The standard InChI is InChI=1S/CH2O3.4ClH.Na.Ti.H/c2-1(3)4;;;;;;;/h(H2,2,3,4);4*1H;;;/q;;;;;+1;;-1. The molecule has 10 heavy (non-hydrogen) atoms. The molecule has 0 spiro atoms. The van der Waals surface area contributed by atoms with E-state index in [1.165, 1.54) is 0 Å². The minimum Gasteiger partial charge on any atom is -1.00 e. The van der Waals surface area contributed by atoms with Gasteiger partial charge in [0.25, 0.3) is 0 Å². The zero-order chi connectivity index (χ0) is 3.58. The van der Waals surface area contributed by atoms with E-state index >= 15 is 0 Å². The van der Waals surface area contributed by atoms with Crippen molar-refractivity contribution in [3.05, 3.63) is 0 Å². The number of hydrogen-bond donors (Lipinski definition) is 2. The molecule has 0 bridgehead atoms. The first-order chi connectivity index (χ1) is 1.73. The molecule has 0 aromatic carbocycles. The zero-order valence-corrected chi connectivity index (χ0v) is 11.8. The van der Waals surface area contributed by atoms with Crippen LogP contribution in [-0.2, 0) is 21.7 Å². The van der Waals surface area contributed by atoms with E-state index < -0.39 is 6.16 Å². The second-order valence-corrected chi connectivity index (χ2v) is 0.283. The predicted molar refractivity (Wildman–Crippen MR) is 40.8 cm³/mol. The maximum absolute atomic E-state index is 8.56. The van der Waals surface area contributed by atoms with Crippen LogP contribution in [0.1, 0.15) is 1.43 Å². The summed E-state index contributed by atoms with van der Waals surface area (Å²) in [5.41, 5.74) is 0. The van der Waals surface area contributed by atoms with Gasteiger partial charge in [0.2, 0.25) is 0 Å². The zero-order valence-electron chi connectivity index (χ0n) is 5.94. The molecule has 0 amide bonds. The van der Waals surface area contributed by atoms with Crippen LogP contribution in [0.4, 0.5) is 4.79 Å². The third-order valence-corrected chi connectivity index (χ3v) is 0. The Balaban J connectivity index is -0.00000000214. The molecule has 9 heteroatoms. The average Bonchev–Trinajstić information content (AvgIpc) is 0.811. The molecule has 0 fully saturated rings. The maximum Gasteiger partial charge on any atom is 1.00 e. The Bertz CT molecular complexity index is 48.3. The molecule has 0 saturated heterocycles. The summed E-state index contributed by atoms with van der Waals surface area (Å²) < 4.78 is 0. The summed E-state index contributed by atoms with van der Waals surface area (Å²) in [5, 5.41) is 13.9. The van der Waals surface area contributed by atoms with Crippen LogP contribution in [-0.4, -0.2) is 16.4 Å². The Kier molecular flexibility index (Phi) is 247. The third kappa shape index (κ3) is 184. The fourth-order valence-corrected chi connectivity index (χ4v) is 0.